The predicted molar refractivity (Wildman–Crippen MR) is 87.2 cm³/mol. The fourth-order valence-electron chi connectivity index (χ4n) is 2.58. The van der Waals surface area contributed by atoms with Crippen LogP contribution < -0.4 is 5.32 Å². The van der Waals surface area contributed by atoms with E-state index in [-0.39, 0.29) is 16.7 Å². The number of amides is 1. The van der Waals surface area contributed by atoms with Crippen LogP contribution in [-0.2, 0) is 14.8 Å². The third-order valence-corrected chi connectivity index (χ3v) is 6.42. The summed E-state index contributed by atoms with van der Waals surface area (Å²) in [5.41, 5.74) is 1.23. The number of nitrogens with zero attached hydrogens (tertiary/aromatic N) is 1. The summed E-state index contributed by atoms with van der Waals surface area (Å²) in [5, 5.41) is 2.83. The highest BCUT2D eigenvalue weighted by Crippen LogP contribution is 2.38. The smallest absolute Gasteiger partial charge is 0.243 e. The third-order valence-electron chi connectivity index (χ3n) is 4.23. The van der Waals surface area contributed by atoms with Crippen LogP contribution in [0.25, 0.3) is 0 Å². The van der Waals surface area contributed by atoms with Gasteiger partial charge in [0.25, 0.3) is 0 Å². The Morgan fingerprint density at radius 3 is 2.41 bits per heavy atom. The van der Waals surface area contributed by atoms with Crippen LogP contribution in [0.3, 0.4) is 0 Å². The number of rotatable bonds is 6. The Kier molecular flexibility index (Phi) is 4.92. The van der Waals surface area contributed by atoms with Gasteiger partial charge in [-0.15, -0.1) is 0 Å². The molecule has 0 unspecified atom stereocenters. The van der Waals surface area contributed by atoms with Crippen molar-refractivity contribution in [2.24, 2.45) is 11.8 Å². The van der Waals surface area contributed by atoms with Gasteiger partial charge in [0.15, 0.2) is 0 Å². The van der Waals surface area contributed by atoms with Crippen molar-refractivity contribution in [2.75, 3.05) is 18.4 Å². The van der Waals surface area contributed by atoms with E-state index < -0.39 is 10.0 Å². The maximum absolute atomic E-state index is 12.7. The fraction of sp³-hybridized carbons (Fsp3) is 0.562. The zero-order valence-corrected chi connectivity index (χ0v) is 14.4. The Balaban J connectivity index is 2.29. The van der Waals surface area contributed by atoms with Crippen LogP contribution in [0.2, 0.25) is 0 Å². The summed E-state index contributed by atoms with van der Waals surface area (Å²) < 4.78 is 26.8. The van der Waals surface area contributed by atoms with Gasteiger partial charge in [0, 0.05) is 24.7 Å². The molecular formula is C16H24N2O3S. The Morgan fingerprint density at radius 1 is 1.32 bits per heavy atom. The van der Waals surface area contributed by atoms with E-state index in [2.05, 4.69) is 5.32 Å². The van der Waals surface area contributed by atoms with Gasteiger partial charge in [0.2, 0.25) is 15.9 Å². The first-order chi connectivity index (χ1) is 10.3. The first-order valence-electron chi connectivity index (χ1n) is 7.72. The lowest BCUT2D eigenvalue weighted by Gasteiger charge is -2.20. The Morgan fingerprint density at radius 2 is 1.91 bits per heavy atom. The molecule has 0 aliphatic heterocycles. The second-order valence-corrected chi connectivity index (χ2v) is 7.78. The number of hydrogen-bond acceptors (Lipinski definition) is 3. The van der Waals surface area contributed by atoms with E-state index in [4.69, 9.17) is 0 Å². The summed E-state index contributed by atoms with van der Waals surface area (Å²) in [6, 6.07) is 5.05. The van der Waals surface area contributed by atoms with Crippen LogP contribution in [0.15, 0.2) is 23.1 Å². The minimum atomic E-state index is -3.52. The van der Waals surface area contributed by atoms with E-state index in [1.54, 1.807) is 25.1 Å². The first kappa shape index (κ1) is 17.0. The molecule has 0 spiro atoms. The second kappa shape index (κ2) is 6.38. The van der Waals surface area contributed by atoms with Crippen LogP contribution in [0.5, 0.6) is 0 Å². The van der Waals surface area contributed by atoms with Gasteiger partial charge in [0.05, 0.1) is 4.90 Å². The fourth-order valence-corrected chi connectivity index (χ4v) is 4.29. The molecule has 22 heavy (non-hydrogen) atoms. The average molecular weight is 324 g/mol. The van der Waals surface area contributed by atoms with Crippen LogP contribution in [0, 0.1) is 18.8 Å². The van der Waals surface area contributed by atoms with E-state index in [1.165, 1.54) is 4.31 Å². The zero-order chi connectivity index (χ0) is 16.5. The molecule has 6 heteroatoms. The molecule has 2 atom stereocenters. The molecule has 1 amide bonds. The highest BCUT2D eigenvalue weighted by molar-refractivity contribution is 7.89. The summed E-state index contributed by atoms with van der Waals surface area (Å²) in [4.78, 5) is 12.3. The molecule has 1 fully saturated rings. The molecule has 2 rings (SSSR count). The molecule has 1 aliphatic carbocycles. The first-order valence-corrected chi connectivity index (χ1v) is 9.16. The Bertz CT molecular complexity index is 666. The third kappa shape index (κ3) is 3.33. The molecule has 1 N–H and O–H groups in total. The molecule has 0 heterocycles. The minimum Gasteiger partial charge on any atom is -0.326 e. The lowest BCUT2D eigenvalue weighted by atomic mass is 10.2. The lowest BCUT2D eigenvalue weighted by molar-refractivity contribution is -0.117. The Hall–Kier alpha value is -1.40. The van der Waals surface area contributed by atoms with E-state index >= 15 is 0 Å². The van der Waals surface area contributed by atoms with E-state index in [1.807, 2.05) is 20.8 Å². The summed E-state index contributed by atoms with van der Waals surface area (Å²) in [6.45, 7) is 8.29. The van der Waals surface area contributed by atoms with Crippen LogP contribution in [0.4, 0.5) is 5.69 Å². The largest absolute Gasteiger partial charge is 0.326 e. The van der Waals surface area contributed by atoms with Crippen molar-refractivity contribution in [3.63, 3.8) is 0 Å². The normalized spacial score (nSPS) is 21.0. The van der Waals surface area contributed by atoms with Crippen LogP contribution in [0.1, 0.15) is 32.8 Å². The van der Waals surface area contributed by atoms with Crippen molar-refractivity contribution in [3.05, 3.63) is 23.8 Å². The van der Waals surface area contributed by atoms with Crippen molar-refractivity contribution in [3.8, 4) is 0 Å². The minimum absolute atomic E-state index is 0.0254. The van der Waals surface area contributed by atoms with Crippen molar-refractivity contribution in [1.82, 2.24) is 4.31 Å². The summed E-state index contributed by atoms with van der Waals surface area (Å²) in [7, 11) is -3.52. The highest BCUT2D eigenvalue weighted by Gasteiger charge is 2.39. The number of nitrogens with one attached hydrogen (secondary N) is 1. The van der Waals surface area contributed by atoms with Crippen molar-refractivity contribution < 1.29 is 13.2 Å². The van der Waals surface area contributed by atoms with Gasteiger partial charge in [-0.05, 0) is 37.0 Å². The van der Waals surface area contributed by atoms with Gasteiger partial charge in [-0.2, -0.15) is 4.31 Å². The molecular weight excluding hydrogens is 300 g/mol. The number of aryl methyl sites for hydroxylation is 1. The van der Waals surface area contributed by atoms with Gasteiger partial charge in [-0.25, -0.2) is 8.42 Å². The second-order valence-electron chi connectivity index (χ2n) is 5.88. The molecule has 5 nitrogen and oxygen atoms in total. The topological polar surface area (TPSA) is 66.5 Å². The van der Waals surface area contributed by atoms with Gasteiger partial charge in [0.1, 0.15) is 0 Å². The monoisotopic (exact) mass is 324 g/mol. The molecule has 1 saturated carbocycles. The van der Waals surface area contributed by atoms with Gasteiger partial charge < -0.3 is 5.32 Å². The van der Waals surface area contributed by atoms with E-state index in [0.717, 1.165) is 6.42 Å². The molecule has 122 valence electrons. The number of anilines is 1. The average Bonchev–Trinajstić information content (AvgIpc) is 3.19. The molecule has 1 aliphatic rings. The van der Waals surface area contributed by atoms with Gasteiger partial charge in [-0.1, -0.05) is 26.8 Å². The van der Waals surface area contributed by atoms with E-state index in [0.29, 0.717) is 30.3 Å². The van der Waals surface area contributed by atoms with Crippen LogP contribution in [-0.4, -0.2) is 31.7 Å². The van der Waals surface area contributed by atoms with Crippen molar-refractivity contribution in [1.29, 1.82) is 0 Å². The summed E-state index contributed by atoms with van der Waals surface area (Å²) >= 11 is 0. The molecule has 1 aromatic carbocycles. The number of hydrogen-bond donors (Lipinski definition) is 1. The number of carbonyl (C=O) groups excluding carboxylic acids is 1. The molecule has 1 aromatic rings. The van der Waals surface area contributed by atoms with Crippen LogP contribution >= 0.6 is 0 Å². The molecule has 0 radical (unpaired) electrons. The van der Waals surface area contributed by atoms with Gasteiger partial charge >= 0.3 is 0 Å². The van der Waals surface area contributed by atoms with Crippen molar-refractivity contribution >= 4 is 21.6 Å². The standard InChI is InChI=1S/C16H24N2O3S/c1-5-18(6-2)22(20,21)15-10-13(8-7-11(15)3)17-16(19)14-9-12(14)4/h7-8,10,12,14H,5-6,9H2,1-4H3,(H,17,19)/t12-,14-/m1/s1. The number of carbonyl (C=O) groups is 1. The SMILES string of the molecule is CCN(CC)S(=O)(=O)c1cc(NC(=O)[C@@H]2C[C@H]2C)ccc1C. The predicted octanol–water partition coefficient (Wildman–Crippen LogP) is 2.62. The maximum Gasteiger partial charge on any atom is 0.243 e. The summed E-state index contributed by atoms with van der Waals surface area (Å²) in [5.74, 6) is 0.455. The Labute approximate surface area is 132 Å². The van der Waals surface area contributed by atoms with Crippen molar-refractivity contribution in [2.45, 2.75) is 39.0 Å². The van der Waals surface area contributed by atoms with Gasteiger partial charge in [-0.3, -0.25) is 4.79 Å². The number of sulfonamides is 1. The maximum atomic E-state index is 12.7. The quantitative estimate of drug-likeness (QED) is 0.874. The highest BCUT2D eigenvalue weighted by atomic mass is 32.2. The molecule has 0 saturated heterocycles. The molecule has 0 aromatic heterocycles. The van der Waals surface area contributed by atoms with E-state index in [9.17, 15) is 13.2 Å². The zero-order valence-electron chi connectivity index (χ0n) is 13.6. The molecule has 0 bridgehead atoms. The lowest BCUT2D eigenvalue weighted by Crippen LogP contribution is -2.31. The number of benzene rings is 1. The summed E-state index contributed by atoms with van der Waals surface area (Å²) in [6.07, 6.45) is 0.905.